The smallest absolute Gasteiger partial charge is 0.241 e. The maximum absolute atomic E-state index is 12.3. The van der Waals surface area contributed by atoms with Gasteiger partial charge < -0.3 is 10.6 Å². The maximum atomic E-state index is 12.3. The van der Waals surface area contributed by atoms with Crippen molar-refractivity contribution in [3.05, 3.63) is 42.5 Å². The third-order valence-corrected chi connectivity index (χ3v) is 3.99. The summed E-state index contributed by atoms with van der Waals surface area (Å²) in [4.78, 5) is 16.3. The van der Waals surface area contributed by atoms with Crippen LogP contribution in [0.5, 0.6) is 0 Å². The van der Waals surface area contributed by atoms with Crippen LogP contribution in [0.1, 0.15) is 25.3 Å². The standard InChI is InChI=1S/C16H21N5O/c1-12-5-6-18-15(7-12)16(22)20-14-4-2-3-13(8-14)9-21-11-17-10-19-21/h2-4,8,10-12,15,18H,5-7,9H2,1H3,(H,20,22). The van der Waals surface area contributed by atoms with Gasteiger partial charge in [-0.15, -0.1) is 0 Å². The number of anilines is 1. The van der Waals surface area contributed by atoms with E-state index in [0.29, 0.717) is 12.5 Å². The molecule has 0 spiro atoms. The molecule has 2 heterocycles. The van der Waals surface area contributed by atoms with E-state index in [4.69, 9.17) is 0 Å². The van der Waals surface area contributed by atoms with E-state index in [1.165, 1.54) is 6.33 Å². The van der Waals surface area contributed by atoms with Crippen LogP contribution < -0.4 is 10.6 Å². The van der Waals surface area contributed by atoms with E-state index in [1.54, 1.807) is 11.0 Å². The summed E-state index contributed by atoms with van der Waals surface area (Å²) in [6, 6.07) is 7.75. The molecule has 2 unspecified atom stereocenters. The van der Waals surface area contributed by atoms with Gasteiger partial charge in [-0.2, -0.15) is 5.10 Å². The quantitative estimate of drug-likeness (QED) is 0.900. The van der Waals surface area contributed by atoms with E-state index in [0.717, 1.165) is 30.6 Å². The first-order chi connectivity index (χ1) is 10.7. The number of nitrogens with zero attached hydrogens (tertiary/aromatic N) is 3. The summed E-state index contributed by atoms with van der Waals surface area (Å²) in [6.45, 7) is 3.74. The van der Waals surface area contributed by atoms with E-state index in [-0.39, 0.29) is 11.9 Å². The summed E-state index contributed by atoms with van der Waals surface area (Å²) in [5.41, 5.74) is 1.90. The molecular weight excluding hydrogens is 278 g/mol. The van der Waals surface area contributed by atoms with Gasteiger partial charge in [-0.25, -0.2) is 9.67 Å². The van der Waals surface area contributed by atoms with Crippen LogP contribution in [0, 0.1) is 5.92 Å². The summed E-state index contributed by atoms with van der Waals surface area (Å²) in [5.74, 6) is 0.639. The molecule has 0 radical (unpaired) electrons. The lowest BCUT2D eigenvalue weighted by atomic mass is 9.94. The molecule has 116 valence electrons. The molecular formula is C16H21N5O. The van der Waals surface area contributed by atoms with E-state index in [2.05, 4.69) is 27.6 Å². The summed E-state index contributed by atoms with van der Waals surface area (Å²) >= 11 is 0. The van der Waals surface area contributed by atoms with E-state index < -0.39 is 0 Å². The zero-order chi connectivity index (χ0) is 15.4. The molecule has 1 saturated heterocycles. The van der Waals surface area contributed by atoms with Gasteiger partial charge in [0.05, 0.1) is 12.6 Å². The zero-order valence-corrected chi connectivity index (χ0v) is 12.7. The second kappa shape index (κ2) is 6.70. The van der Waals surface area contributed by atoms with Gasteiger partial charge in [0.1, 0.15) is 12.7 Å². The first-order valence-electron chi connectivity index (χ1n) is 7.66. The molecule has 22 heavy (non-hydrogen) atoms. The number of hydrogen-bond acceptors (Lipinski definition) is 4. The van der Waals surface area contributed by atoms with Crippen molar-refractivity contribution in [1.82, 2.24) is 20.1 Å². The maximum Gasteiger partial charge on any atom is 0.241 e. The largest absolute Gasteiger partial charge is 0.325 e. The van der Waals surface area contributed by atoms with E-state index >= 15 is 0 Å². The average Bonchev–Trinajstić information content (AvgIpc) is 3.00. The number of piperidine rings is 1. The Kier molecular flexibility index (Phi) is 4.48. The third kappa shape index (κ3) is 3.71. The minimum absolute atomic E-state index is 0.0458. The fourth-order valence-corrected chi connectivity index (χ4v) is 2.79. The Balaban J connectivity index is 1.63. The highest BCUT2D eigenvalue weighted by atomic mass is 16.2. The van der Waals surface area contributed by atoms with Crippen LogP contribution in [-0.2, 0) is 11.3 Å². The van der Waals surface area contributed by atoms with Crippen LogP contribution in [-0.4, -0.2) is 33.3 Å². The molecule has 1 amide bonds. The molecule has 0 bridgehead atoms. The second-order valence-electron chi connectivity index (χ2n) is 5.92. The molecule has 2 atom stereocenters. The summed E-state index contributed by atoms with van der Waals surface area (Å²) < 4.78 is 1.76. The van der Waals surface area contributed by atoms with E-state index in [1.807, 2.05) is 24.3 Å². The van der Waals surface area contributed by atoms with Gasteiger partial charge >= 0.3 is 0 Å². The first-order valence-corrected chi connectivity index (χ1v) is 7.66. The molecule has 6 nitrogen and oxygen atoms in total. The third-order valence-electron chi connectivity index (χ3n) is 3.99. The van der Waals surface area contributed by atoms with Crippen LogP contribution in [0.25, 0.3) is 0 Å². The van der Waals surface area contributed by atoms with E-state index in [9.17, 15) is 4.79 Å². The van der Waals surface area contributed by atoms with Crippen LogP contribution in [0.2, 0.25) is 0 Å². The molecule has 1 aliphatic heterocycles. The summed E-state index contributed by atoms with van der Waals surface area (Å²) in [5, 5.41) is 10.4. The number of carbonyl (C=O) groups is 1. The minimum atomic E-state index is -0.0947. The van der Waals surface area contributed by atoms with Crippen molar-refractivity contribution in [1.29, 1.82) is 0 Å². The number of aromatic nitrogens is 3. The minimum Gasteiger partial charge on any atom is -0.325 e. The zero-order valence-electron chi connectivity index (χ0n) is 12.7. The lowest BCUT2D eigenvalue weighted by Crippen LogP contribution is -2.45. The Hall–Kier alpha value is -2.21. The number of amides is 1. The van der Waals surface area contributed by atoms with Crippen molar-refractivity contribution < 1.29 is 4.79 Å². The van der Waals surface area contributed by atoms with Gasteiger partial charge in [0.15, 0.2) is 0 Å². The average molecular weight is 299 g/mol. The van der Waals surface area contributed by atoms with Crippen LogP contribution >= 0.6 is 0 Å². The molecule has 0 saturated carbocycles. The van der Waals surface area contributed by atoms with Gasteiger partial charge in [0.2, 0.25) is 5.91 Å². The van der Waals surface area contributed by atoms with Crippen molar-refractivity contribution in [2.24, 2.45) is 5.92 Å². The number of rotatable bonds is 4. The molecule has 1 aliphatic rings. The van der Waals surface area contributed by atoms with Crippen molar-refractivity contribution in [2.45, 2.75) is 32.4 Å². The monoisotopic (exact) mass is 299 g/mol. The van der Waals surface area contributed by atoms with Crippen LogP contribution in [0.4, 0.5) is 5.69 Å². The molecule has 1 aromatic carbocycles. The topological polar surface area (TPSA) is 71.8 Å². The van der Waals surface area contributed by atoms with Crippen molar-refractivity contribution >= 4 is 11.6 Å². The number of benzene rings is 1. The lowest BCUT2D eigenvalue weighted by Gasteiger charge is -2.27. The SMILES string of the molecule is CC1CCNC(C(=O)Nc2cccc(Cn3cncn3)c2)C1. The Labute approximate surface area is 129 Å². The lowest BCUT2D eigenvalue weighted by molar-refractivity contribution is -0.119. The Morgan fingerprint density at radius 2 is 2.41 bits per heavy atom. The van der Waals surface area contributed by atoms with Crippen molar-refractivity contribution in [2.75, 3.05) is 11.9 Å². The predicted octanol–water partition coefficient (Wildman–Crippen LogP) is 1.65. The van der Waals surface area contributed by atoms with Gasteiger partial charge in [0.25, 0.3) is 0 Å². The van der Waals surface area contributed by atoms with Gasteiger partial charge in [-0.05, 0) is 43.0 Å². The molecule has 6 heteroatoms. The van der Waals surface area contributed by atoms with Gasteiger partial charge in [-0.1, -0.05) is 19.1 Å². The van der Waals surface area contributed by atoms with Crippen molar-refractivity contribution in [3.8, 4) is 0 Å². The Morgan fingerprint density at radius 1 is 1.50 bits per heavy atom. The highest BCUT2D eigenvalue weighted by Gasteiger charge is 2.24. The Bertz CT molecular complexity index is 625. The molecule has 2 N–H and O–H groups in total. The predicted molar refractivity (Wildman–Crippen MR) is 84.4 cm³/mol. The molecule has 3 rings (SSSR count). The summed E-state index contributed by atoms with van der Waals surface area (Å²) in [6.07, 6.45) is 5.22. The van der Waals surface area contributed by atoms with Crippen molar-refractivity contribution in [3.63, 3.8) is 0 Å². The second-order valence-corrected chi connectivity index (χ2v) is 5.92. The highest BCUT2D eigenvalue weighted by Crippen LogP contribution is 2.17. The molecule has 2 aromatic rings. The van der Waals surface area contributed by atoms with Gasteiger partial charge in [-0.3, -0.25) is 4.79 Å². The first kappa shape index (κ1) is 14.7. The fourth-order valence-electron chi connectivity index (χ4n) is 2.79. The Morgan fingerprint density at radius 3 is 3.18 bits per heavy atom. The van der Waals surface area contributed by atoms with Crippen LogP contribution in [0.15, 0.2) is 36.9 Å². The highest BCUT2D eigenvalue weighted by molar-refractivity contribution is 5.94. The number of hydrogen-bond donors (Lipinski definition) is 2. The van der Waals surface area contributed by atoms with Gasteiger partial charge in [0, 0.05) is 5.69 Å². The number of nitrogens with one attached hydrogen (secondary N) is 2. The molecule has 0 aliphatic carbocycles. The molecule has 1 fully saturated rings. The molecule has 1 aromatic heterocycles. The normalized spacial score (nSPS) is 21.5. The van der Waals surface area contributed by atoms with Crippen LogP contribution in [0.3, 0.4) is 0 Å². The summed E-state index contributed by atoms with van der Waals surface area (Å²) in [7, 11) is 0. The fraction of sp³-hybridized carbons (Fsp3) is 0.438. The number of carbonyl (C=O) groups excluding carboxylic acids is 1.